The van der Waals surface area contributed by atoms with Gasteiger partial charge in [0, 0.05) is 30.2 Å². The standard InChI is InChI=1S/C21H32N4O2.C2H6/c1-20(2,3)23-19(27)24-21(4)10-9-17(11-21)22-12-18(26)25-13-15-7-5-6-8-16(15)14-25;1-2/h5-8,17,22H,9-14H2,1-4H3,(H2,23,24,27);1-2H3. The van der Waals surface area contributed by atoms with Crippen LogP contribution in [0.5, 0.6) is 0 Å². The molecule has 1 aromatic carbocycles. The average molecular weight is 403 g/mol. The number of carbonyl (C=O) groups excluding carboxylic acids is 2. The third-order valence-electron chi connectivity index (χ3n) is 5.38. The van der Waals surface area contributed by atoms with Crippen molar-refractivity contribution in [1.29, 1.82) is 0 Å². The van der Waals surface area contributed by atoms with Gasteiger partial charge >= 0.3 is 6.03 Å². The van der Waals surface area contributed by atoms with Crippen LogP contribution in [0.2, 0.25) is 0 Å². The highest BCUT2D eigenvalue weighted by Gasteiger charge is 2.37. The second kappa shape index (κ2) is 9.61. The topological polar surface area (TPSA) is 73.5 Å². The number of rotatable bonds is 4. The molecule has 1 aliphatic carbocycles. The van der Waals surface area contributed by atoms with Gasteiger partial charge in [0.15, 0.2) is 0 Å². The van der Waals surface area contributed by atoms with Crippen molar-refractivity contribution in [3.8, 4) is 0 Å². The number of amides is 3. The van der Waals surface area contributed by atoms with Gasteiger partial charge in [-0.05, 0) is 58.1 Å². The molecule has 162 valence electrons. The van der Waals surface area contributed by atoms with Crippen molar-refractivity contribution in [1.82, 2.24) is 20.9 Å². The molecule has 2 unspecified atom stereocenters. The zero-order valence-corrected chi connectivity index (χ0v) is 18.9. The van der Waals surface area contributed by atoms with Gasteiger partial charge in [-0.15, -0.1) is 0 Å². The summed E-state index contributed by atoms with van der Waals surface area (Å²) in [7, 11) is 0. The number of urea groups is 1. The summed E-state index contributed by atoms with van der Waals surface area (Å²) < 4.78 is 0. The lowest BCUT2D eigenvalue weighted by Gasteiger charge is -2.29. The monoisotopic (exact) mass is 402 g/mol. The van der Waals surface area contributed by atoms with Gasteiger partial charge in [0.25, 0.3) is 0 Å². The van der Waals surface area contributed by atoms with E-state index in [9.17, 15) is 9.59 Å². The van der Waals surface area contributed by atoms with Crippen LogP contribution in [-0.4, -0.2) is 40.5 Å². The van der Waals surface area contributed by atoms with Gasteiger partial charge in [-0.1, -0.05) is 38.1 Å². The maximum Gasteiger partial charge on any atom is 0.315 e. The fraction of sp³-hybridized carbons (Fsp3) is 0.652. The van der Waals surface area contributed by atoms with Crippen LogP contribution in [0.3, 0.4) is 0 Å². The Morgan fingerprint density at radius 1 is 1.14 bits per heavy atom. The van der Waals surface area contributed by atoms with E-state index in [1.54, 1.807) is 0 Å². The van der Waals surface area contributed by atoms with Crippen LogP contribution in [0.1, 0.15) is 71.9 Å². The molecular formula is C23H38N4O2. The van der Waals surface area contributed by atoms with Crippen LogP contribution >= 0.6 is 0 Å². The predicted octanol–water partition coefficient (Wildman–Crippen LogP) is 3.55. The van der Waals surface area contributed by atoms with Crippen LogP contribution in [0, 0.1) is 0 Å². The lowest BCUT2D eigenvalue weighted by atomic mass is 10.0. The second-order valence-electron chi connectivity index (χ2n) is 9.23. The third kappa shape index (κ3) is 6.74. The van der Waals surface area contributed by atoms with Crippen molar-refractivity contribution >= 4 is 11.9 Å². The summed E-state index contributed by atoms with van der Waals surface area (Å²) in [5.41, 5.74) is 2.00. The average Bonchev–Trinajstić information content (AvgIpc) is 3.23. The molecule has 2 atom stereocenters. The SMILES string of the molecule is CC.CC(C)(C)NC(=O)NC1(C)CCC(NCC(=O)N2Cc3ccccc3C2)C1. The van der Waals surface area contributed by atoms with E-state index in [2.05, 4.69) is 35.0 Å². The van der Waals surface area contributed by atoms with Crippen LogP contribution in [0.15, 0.2) is 24.3 Å². The van der Waals surface area contributed by atoms with E-state index in [1.165, 1.54) is 11.1 Å². The molecule has 3 amide bonds. The molecule has 3 rings (SSSR count). The number of carbonyl (C=O) groups is 2. The Balaban J connectivity index is 0.00000145. The van der Waals surface area contributed by atoms with Crippen LogP contribution in [0.25, 0.3) is 0 Å². The number of fused-ring (bicyclic) bond motifs is 1. The van der Waals surface area contributed by atoms with E-state index >= 15 is 0 Å². The molecule has 0 saturated heterocycles. The number of hydrogen-bond donors (Lipinski definition) is 3. The summed E-state index contributed by atoms with van der Waals surface area (Å²) >= 11 is 0. The normalized spacial score (nSPS) is 23.1. The third-order valence-corrected chi connectivity index (χ3v) is 5.38. The van der Waals surface area contributed by atoms with Gasteiger partial charge < -0.3 is 20.9 Å². The Morgan fingerprint density at radius 2 is 1.72 bits per heavy atom. The summed E-state index contributed by atoms with van der Waals surface area (Å²) in [5.74, 6) is 0.137. The van der Waals surface area contributed by atoms with Crippen molar-refractivity contribution < 1.29 is 9.59 Å². The number of nitrogens with zero attached hydrogens (tertiary/aromatic N) is 1. The first kappa shape index (κ1) is 23.2. The highest BCUT2D eigenvalue weighted by Crippen LogP contribution is 2.30. The van der Waals surface area contributed by atoms with Crippen molar-refractivity contribution in [3.05, 3.63) is 35.4 Å². The van der Waals surface area contributed by atoms with E-state index in [1.807, 2.05) is 51.7 Å². The minimum absolute atomic E-state index is 0.128. The lowest BCUT2D eigenvalue weighted by Crippen LogP contribution is -2.54. The Bertz CT molecular complexity index is 688. The highest BCUT2D eigenvalue weighted by molar-refractivity contribution is 5.79. The molecule has 6 heteroatoms. The molecular weight excluding hydrogens is 364 g/mol. The summed E-state index contributed by atoms with van der Waals surface area (Å²) in [5, 5.41) is 9.46. The van der Waals surface area contributed by atoms with E-state index in [-0.39, 0.29) is 29.1 Å². The molecule has 0 aromatic heterocycles. The zero-order valence-electron chi connectivity index (χ0n) is 18.9. The van der Waals surface area contributed by atoms with E-state index in [0.717, 1.165) is 19.3 Å². The van der Waals surface area contributed by atoms with Crippen LogP contribution in [-0.2, 0) is 17.9 Å². The van der Waals surface area contributed by atoms with Crippen molar-refractivity contribution in [2.24, 2.45) is 0 Å². The molecule has 1 heterocycles. The Hall–Kier alpha value is -2.08. The fourth-order valence-corrected chi connectivity index (χ4v) is 4.03. The largest absolute Gasteiger partial charge is 0.334 e. The number of nitrogens with one attached hydrogen (secondary N) is 3. The summed E-state index contributed by atoms with van der Waals surface area (Å²) in [6.07, 6.45) is 2.70. The molecule has 1 aromatic rings. The molecule has 0 spiro atoms. The molecule has 1 saturated carbocycles. The summed E-state index contributed by atoms with van der Waals surface area (Å²) in [4.78, 5) is 26.6. The Morgan fingerprint density at radius 3 is 2.28 bits per heavy atom. The molecule has 29 heavy (non-hydrogen) atoms. The van der Waals surface area contributed by atoms with Gasteiger partial charge in [-0.3, -0.25) is 4.79 Å². The first-order valence-electron chi connectivity index (χ1n) is 10.8. The van der Waals surface area contributed by atoms with Gasteiger partial charge in [-0.2, -0.15) is 0 Å². The second-order valence-corrected chi connectivity index (χ2v) is 9.23. The first-order valence-corrected chi connectivity index (χ1v) is 10.8. The molecule has 2 aliphatic rings. The van der Waals surface area contributed by atoms with Gasteiger partial charge in [-0.25, -0.2) is 4.79 Å². The highest BCUT2D eigenvalue weighted by atomic mass is 16.2. The molecule has 1 aliphatic heterocycles. The van der Waals surface area contributed by atoms with Crippen molar-refractivity contribution in [2.75, 3.05) is 6.54 Å². The maximum atomic E-state index is 12.6. The maximum absolute atomic E-state index is 12.6. The molecule has 0 bridgehead atoms. The van der Waals surface area contributed by atoms with E-state index < -0.39 is 0 Å². The summed E-state index contributed by atoms with van der Waals surface area (Å²) in [6.45, 7) is 13.7. The van der Waals surface area contributed by atoms with E-state index in [4.69, 9.17) is 0 Å². The van der Waals surface area contributed by atoms with Gasteiger partial charge in [0.1, 0.15) is 0 Å². The van der Waals surface area contributed by atoms with Gasteiger partial charge in [0.05, 0.1) is 6.54 Å². The molecule has 1 fully saturated rings. The summed E-state index contributed by atoms with van der Waals surface area (Å²) in [6, 6.07) is 8.34. The number of benzene rings is 1. The molecule has 0 radical (unpaired) electrons. The number of hydrogen-bond acceptors (Lipinski definition) is 3. The zero-order chi connectivity index (χ0) is 21.7. The lowest BCUT2D eigenvalue weighted by molar-refractivity contribution is -0.131. The molecule has 3 N–H and O–H groups in total. The Labute approximate surface area is 175 Å². The van der Waals surface area contributed by atoms with Crippen molar-refractivity contribution in [3.63, 3.8) is 0 Å². The fourth-order valence-electron chi connectivity index (χ4n) is 4.03. The Kier molecular flexibility index (Phi) is 7.69. The van der Waals surface area contributed by atoms with Crippen LogP contribution < -0.4 is 16.0 Å². The smallest absolute Gasteiger partial charge is 0.315 e. The van der Waals surface area contributed by atoms with Crippen LogP contribution in [0.4, 0.5) is 4.79 Å². The first-order chi connectivity index (χ1) is 13.6. The van der Waals surface area contributed by atoms with Crippen molar-refractivity contribution in [2.45, 2.75) is 91.0 Å². The van der Waals surface area contributed by atoms with E-state index in [0.29, 0.717) is 19.6 Å². The predicted molar refractivity (Wildman–Crippen MR) is 118 cm³/mol. The minimum atomic E-state index is -0.254. The quantitative estimate of drug-likeness (QED) is 0.721. The molecule has 6 nitrogen and oxygen atoms in total. The van der Waals surface area contributed by atoms with Gasteiger partial charge in [0.2, 0.25) is 5.91 Å². The minimum Gasteiger partial charge on any atom is -0.334 e.